The van der Waals surface area contributed by atoms with Gasteiger partial charge in [-0.05, 0) is 43.9 Å². The minimum Gasteiger partial charge on any atom is -0.327 e. The van der Waals surface area contributed by atoms with Crippen molar-refractivity contribution in [2.45, 2.75) is 51.0 Å². The van der Waals surface area contributed by atoms with Crippen LogP contribution < -0.4 is 5.32 Å². The van der Waals surface area contributed by atoms with Crippen LogP contribution in [0.15, 0.2) is 24.5 Å². The predicted octanol–water partition coefficient (Wildman–Crippen LogP) is 3.89. The number of aromatic nitrogens is 2. The number of anilines is 1. The van der Waals surface area contributed by atoms with Gasteiger partial charge in [0.2, 0.25) is 5.91 Å². The van der Waals surface area contributed by atoms with E-state index in [9.17, 15) is 4.79 Å². The highest BCUT2D eigenvalue weighted by atomic mass is 16.2. The van der Waals surface area contributed by atoms with E-state index in [-0.39, 0.29) is 11.8 Å². The summed E-state index contributed by atoms with van der Waals surface area (Å²) in [5, 5.41) is 3.00. The minimum atomic E-state index is 0.154. The first-order valence-corrected chi connectivity index (χ1v) is 8.09. The van der Waals surface area contributed by atoms with E-state index in [1.165, 1.54) is 37.6 Å². The van der Waals surface area contributed by atoms with Crippen LogP contribution in [-0.4, -0.2) is 15.5 Å². The van der Waals surface area contributed by atoms with Crippen molar-refractivity contribution in [2.24, 2.45) is 5.92 Å². The molecule has 110 valence electrons. The second-order valence-electron chi connectivity index (χ2n) is 6.41. The third-order valence-corrected chi connectivity index (χ3v) is 4.76. The van der Waals surface area contributed by atoms with Gasteiger partial charge in [0.05, 0.1) is 17.4 Å². The average molecular weight is 283 g/mol. The first kappa shape index (κ1) is 12.9. The maximum Gasteiger partial charge on any atom is 0.227 e. The fourth-order valence-electron chi connectivity index (χ4n) is 3.35. The van der Waals surface area contributed by atoms with Crippen LogP contribution in [0.5, 0.6) is 0 Å². The lowest BCUT2D eigenvalue weighted by atomic mass is 9.95. The molecule has 0 radical (unpaired) electrons. The van der Waals surface area contributed by atoms with Crippen LogP contribution in [-0.2, 0) is 4.79 Å². The van der Waals surface area contributed by atoms with Gasteiger partial charge in [0.25, 0.3) is 0 Å². The predicted molar refractivity (Wildman–Crippen MR) is 83.2 cm³/mol. The molecule has 2 saturated carbocycles. The van der Waals surface area contributed by atoms with E-state index in [4.69, 9.17) is 0 Å². The standard InChI is InChI=1S/C17H21N3O/c21-17(12-6-7-12)19-13-8-9-16-15(10-13)18-11-20(16)14-4-2-1-3-5-14/h8-12,14H,1-7H2,(H,19,21). The summed E-state index contributed by atoms with van der Waals surface area (Å²) in [6, 6.07) is 6.69. The van der Waals surface area contributed by atoms with Gasteiger partial charge < -0.3 is 9.88 Å². The number of carbonyl (C=O) groups excluding carboxylic acids is 1. The number of nitrogens with one attached hydrogen (secondary N) is 1. The third kappa shape index (κ3) is 2.55. The summed E-state index contributed by atoms with van der Waals surface area (Å²) in [7, 11) is 0. The number of hydrogen-bond donors (Lipinski definition) is 1. The van der Waals surface area contributed by atoms with E-state index in [0.29, 0.717) is 6.04 Å². The quantitative estimate of drug-likeness (QED) is 0.929. The van der Waals surface area contributed by atoms with E-state index in [1.54, 1.807) is 0 Å². The molecule has 0 saturated heterocycles. The zero-order valence-corrected chi connectivity index (χ0v) is 12.2. The van der Waals surface area contributed by atoms with Crippen LogP contribution in [0, 0.1) is 5.92 Å². The second kappa shape index (κ2) is 5.17. The smallest absolute Gasteiger partial charge is 0.227 e. The van der Waals surface area contributed by atoms with Gasteiger partial charge in [-0.2, -0.15) is 0 Å². The molecule has 0 bridgehead atoms. The molecule has 1 aromatic heterocycles. The summed E-state index contributed by atoms with van der Waals surface area (Å²) < 4.78 is 2.32. The molecule has 1 heterocycles. The molecule has 4 heteroatoms. The number of carbonyl (C=O) groups is 1. The minimum absolute atomic E-state index is 0.154. The summed E-state index contributed by atoms with van der Waals surface area (Å²) in [5.74, 6) is 0.390. The Bertz CT molecular complexity index is 666. The number of benzene rings is 1. The monoisotopic (exact) mass is 283 g/mol. The van der Waals surface area contributed by atoms with Gasteiger partial charge in [0, 0.05) is 17.6 Å². The molecule has 4 rings (SSSR count). The summed E-state index contributed by atoms with van der Waals surface area (Å²) in [6.07, 6.45) is 10.5. The van der Waals surface area contributed by atoms with Crippen molar-refractivity contribution < 1.29 is 4.79 Å². The summed E-state index contributed by atoms with van der Waals surface area (Å²) >= 11 is 0. The molecule has 1 aromatic carbocycles. The second-order valence-corrected chi connectivity index (χ2v) is 6.41. The van der Waals surface area contributed by atoms with Crippen molar-refractivity contribution in [3.63, 3.8) is 0 Å². The molecular formula is C17H21N3O. The Morgan fingerprint density at radius 2 is 1.95 bits per heavy atom. The highest BCUT2D eigenvalue weighted by molar-refractivity contribution is 5.95. The number of hydrogen-bond acceptors (Lipinski definition) is 2. The molecule has 2 aromatic rings. The Kier molecular flexibility index (Phi) is 3.17. The maximum absolute atomic E-state index is 11.8. The van der Waals surface area contributed by atoms with Crippen LogP contribution in [0.4, 0.5) is 5.69 Å². The first-order chi connectivity index (χ1) is 10.3. The van der Waals surface area contributed by atoms with E-state index >= 15 is 0 Å². The van der Waals surface area contributed by atoms with Crippen molar-refractivity contribution in [3.8, 4) is 0 Å². The van der Waals surface area contributed by atoms with Gasteiger partial charge >= 0.3 is 0 Å². The van der Waals surface area contributed by atoms with E-state index in [0.717, 1.165) is 24.0 Å². The molecule has 0 spiro atoms. The van der Waals surface area contributed by atoms with Crippen LogP contribution >= 0.6 is 0 Å². The number of fused-ring (bicyclic) bond motifs is 1. The Hall–Kier alpha value is -1.84. The fourth-order valence-corrected chi connectivity index (χ4v) is 3.35. The topological polar surface area (TPSA) is 46.9 Å². The highest BCUT2D eigenvalue weighted by Crippen LogP contribution is 2.32. The zero-order valence-electron chi connectivity index (χ0n) is 12.2. The average Bonchev–Trinajstić information content (AvgIpc) is 3.28. The molecule has 0 aliphatic heterocycles. The molecule has 1 N–H and O–H groups in total. The van der Waals surface area contributed by atoms with Gasteiger partial charge in [-0.25, -0.2) is 4.98 Å². The highest BCUT2D eigenvalue weighted by Gasteiger charge is 2.29. The summed E-state index contributed by atoms with van der Waals surface area (Å²) in [4.78, 5) is 16.4. The SMILES string of the molecule is O=C(Nc1ccc2c(c1)ncn2C1CCCCC1)C1CC1. The Labute approximate surface area is 124 Å². The molecule has 2 fully saturated rings. The van der Waals surface area contributed by atoms with Gasteiger partial charge in [-0.3, -0.25) is 4.79 Å². The third-order valence-electron chi connectivity index (χ3n) is 4.76. The van der Waals surface area contributed by atoms with Crippen molar-refractivity contribution in [1.29, 1.82) is 0 Å². The molecule has 2 aliphatic carbocycles. The van der Waals surface area contributed by atoms with Crippen molar-refractivity contribution in [2.75, 3.05) is 5.32 Å². The maximum atomic E-state index is 11.8. The molecule has 4 nitrogen and oxygen atoms in total. The Morgan fingerprint density at radius 3 is 2.71 bits per heavy atom. The van der Waals surface area contributed by atoms with Crippen molar-refractivity contribution in [1.82, 2.24) is 9.55 Å². The van der Waals surface area contributed by atoms with Gasteiger partial charge in [0.1, 0.15) is 0 Å². The molecule has 0 atom stereocenters. The van der Waals surface area contributed by atoms with Gasteiger partial charge in [-0.1, -0.05) is 19.3 Å². The van der Waals surface area contributed by atoms with E-state index in [2.05, 4.69) is 20.9 Å². The van der Waals surface area contributed by atoms with Crippen LogP contribution in [0.1, 0.15) is 51.0 Å². The summed E-state index contributed by atoms with van der Waals surface area (Å²) in [6.45, 7) is 0. The largest absolute Gasteiger partial charge is 0.327 e. The molecule has 0 unspecified atom stereocenters. The van der Waals surface area contributed by atoms with Gasteiger partial charge in [0.15, 0.2) is 0 Å². The Balaban J connectivity index is 1.59. The van der Waals surface area contributed by atoms with Crippen LogP contribution in [0.2, 0.25) is 0 Å². The number of imidazole rings is 1. The normalized spacial score (nSPS) is 19.8. The molecule has 21 heavy (non-hydrogen) atoms. The lowest BCUT2D eigenvalue weighted by Gasteiger charge is -2.23. The van der Waals surface area contributed by atoms with Crippen molar-refractivity contribution in [3.05, 3.63) is 24.5 Å². The van der Waals surface area contributed by atoms with Gasteiger partial charge in [-0.15, -0.1) is 0 Å². The molecule has 2 aliphatic rings. The zero-order chi connectivity index (χ0) is 14.2. The number of amides is 1. The van der Waals surface area contributed by atoms with Crippen LogP contribution in [0.25, 0.3) is 11.0 Å². The van der Waals surface area contributed by atoms with Crippen molar-refractivity contribution >= 4 is 22.6 Å². The molecule has 1 amide bonds. The van der Waals surface area contributed by atoms with E-state index in [1.807, 2.05) is 18.5 Å². The Morgan fingerprint density at radius 1 is 1.14 bits per heavy atom. The van der Waals surface area contributed by atoms with E-state index < -0.39 is 0 Å². The lowest BCUT2D eigenvalue weighted by Crippen LogP contribution is -2.13. The molecular weight excluding hydrogens is 262 g/mol. The first-order valence-electron chi connectivity index (χ1n) is 8.09. The fraction of sp³-hybridized carbons (Fsp3) is 0.529. The number of rotatable bonds is 3. The summed E-state index contributed by atoms with van der Waals surface area (Å²) in [5.41, 5.74) is 3.04. The van der Waals surface area contributed by atoms with Crippen LogP contribution in [0.3, 0.4) is 0 Å². The number of nitrogens with zero attached hydrogens (tertiary/aromatic N) is 2. The lowest BCUT2D eigenvalue weighted by molar-refractivity contribution is -0.117.